The van der Waals surface area contributed by atoms with E-state index >= 15 is 0 Å². The summed E-state index contributed by atoms with van der Waals surface area (Å²) in [5, 5.41) is 12.5. The normalized spacial score (nSPS) is 27.3. The Morgan fingerprint density at radius 2 is 1.82 bits per heavy atom. The minimum Gasteiger partial charge on any atom is -0.465 e. The van der Waals surface area contributed by atoms with Crippen LogP contribution in [-0.2, 0) is 0 Å². The number of benzene rings is 1. The summed E-state index contributed by atoms with van der Waals surface area (Å²) in [6.45, 7) is 1.93. The summed E-state index contributed by atoms with van der Waals surface area (Å²) >= 11 is 0. The maximum absolute atomic E-state index is 12.4. The summed E-state index contributed by atoms with van der Waals surface area (Å²) in [5.74, 6) is -0.0510. The third-order valence-corrected chi connectivity index (χ3v) is 4.92. The van der Waals surface area contributed by atoms with Crippen molar-refractivity contribution < 1.29 is 14.7 Å². The van der Waals surface area contributed by atoms with Gasteiger partial charge in [0.15, 0.2) is 0 Å². The van der Waals surface area contributed by atoms with E-state index in [1.165, 1.54) is 0 Å². The molecule has 2 N–H and O–H groups in total. The Kier molecular flexibility index (Phi) is 4.05. The molecule has 0 aliphatic carbocycles. The quantitative estimate of drug-likeness (QED) is 0.882. The second kappa shape index (κ2) is 5.99. The lowest BCUT2D eigenvalue weighted by Crippen LogP contribution is -2.58. The second-order valence-electron chi connectivity index (χ2n) is 6.39. The standard InChI is InChI=1S/C17H22N2O3/c1-11-5-2-3-8-15(11)16(20)18-12-9-13-6-4-7-14(10-12)19(13)17(21)22/h2-3,5,8,12-14H,4,6-7,9-10H2,1H3,(H,18,20)(H,21,22). The number of nitrogens with zero attached hydrogens (tertiary/aromatic N) is 1. The molecule has 2 bridgehead atoms. The molecule has 0 saturated carbocycles. The van der Waals surface area contributed by atoms with E-state index < -0.39 is 6.09 Å². The molecule has 0 aromatic heterocycles. The first-order chi connectivity index (χ1) is 10.6. The second-order valence-corrected chi connectivity index (χ2v) is 6.39. The van der Waals surface area contributed by atoms with Gasteiger partial charge in [0, 0.05) is 23.7 Å². The monoisotopic (exact) mass is 302 g/mol. The van der Waals surface area contributed by atoms with Crippen molar-refractivity contribution in [3.63, 3.8) is 0 Å². The Morgan fingerprint density at radius 1 is 1.18 bits per heavy atom. The van der Waals surface area contributed by atoms with Crippen molar-refractivity contribution in [3.05, 3.63) is 35.4 Å². The molecule has 2 aliphatic heterocycles. The lowest BCUT2D eigenvalue weighted by molar-refractivity contribution is 0.0301. The number of hydrogen-bond acceptors (Lipinski definition) is 2. The van der Waals surface area contributed by atoms with Gasteiger partial charge in [-0.15, -0.1) is 0 Å². The first-order valence-corrected chi connectivity index (χ1v) is 7.94. The topological polar surface area (TPSA) is 69.6 Å². The Labute approximate surface area is 130 Å². The van der Waals surface area contributed by atoms with Crippen LogP contribution in [0.1, 0.15) is 48.0 Å². The van der Waals surface area contributed by atoms with Gasteiger partial charge in [0.1, 0.15) is 0 Å². The number of amides is 2. The number of aryl methyl sites for hydroxylation is 1. The van der Waals surface area contributed by atoms with E-state index in [9.17, 15) is 14.7 Å². The number of carboxylic acid groups (broad SMARTS) is 1. The third kappa shape index (κ3) is 2.80. The van der Waals surface area contributed by atoms with E-state index in [1.54, 1.807) is 4.90 Å². The summed E-state index contributed by atoms with van der Waals surface area (Å²) < 4.78 is 0. The zero-order valence-corrected chi connectivity index (χ0v) is 12.8. The summed E-state index contributed by atoms with van der Waals surface area (Å²) in [4.78, 5) is 25.4. The molecular weight excluding hydrogens is 280 g/mol. The maximum atomic E-state index is 12.4. The minimum absolute atomic E-state index is 0.0483. The fraction of sp³-hybridized carbons (Fsp3) is 0.529. The summed E-state index contributed by atoms with van der Waals surface area (Å²) in [6, 6.07) is 7.71. The average Bonchev–Trinajstić information content (AvgIpc) is 2.46. The van der Waals surface area contributed by atoms with Crippen molar-refractivity contribution in [2.75, 3.05) is 0 Å². The van der Waals surface area contributed by atoms with Crippen molar-refractivity contribution >= 4 is 12.0 Å². The zero-order chi connectivity index (χ0) is 15.7. The molecule has 2 heterocycles. The van der Waals surface area contributed by atoms with Gasteiger partial charge < -0.3 is 15.3 Å². The smallest absolute Gasteiger partial charge is 0.407 e. The van der Waals surface area contributed by atoms with Crippen LogP contribution in [-0.4, -0.2) is 40.1 Å². The fourth-order valence-electron chi connectivity index (χ4n) is 3.90. The highest BCUT2D eigenvalue weighted by atomic mass is 16.4. The van der Waals surface area contributed by atoms with Crippen LogP contribution in [0.25, 0.3) is 0 Å². The van der Waals surface area contributed by atoms with Crippen molar-refractivity contribution in [1.29, 1.82) is 0 Å². The van der Waals surface area contributed by atoms with Crippen LogP contribution < -0.4 is 5.32 Å². The van der Waals surface area contributed by atoms with Crippen molar-refractivity contribution in [2.45, 2.75) is 57.2 Å². The zero-order valence-electron chi connectivity index (χ0n) is 12.8. The highest BCUT2D eigenvalue weighted by Gasteiger charge is 2.41. The molecule has 2 atom stereocenters. The molecule has 118 valence electrons. The van der Waals surface area contributed by atoms with Gasteiger partial charge >= 0.3 is 6.09 Å². The first kappa shape index (κ1) is 14.9. The summed E-state index contributed by atoms with van der Waals surface area (Å²) in [6.07, 6.45) is 3.51. The van der Waals surface area contributed by atoms with Crippen LogP contribution in [0, 0.1) is 6.92 Å². The molecule has 2 unspecified atom stereocenters. The fourth-order valence-corrected chi connectivity index (χ4v) is 3.90. The van der Waals surface area contributed by atoms with E-state index in [4.69, 9.17) is 0 Å². The summed E-state index contributed by atoms with van der Waals surface area (Å²) in [5.41, 5.74) is 1.66. The molecule has 0 spiro atoms. The van der Waals surface area contributed by atoms with Gasteiger partial charge in [-0.25, -0.2) is 4.79 Å². The Balaban J connectivity index is 1.69. The number of hydrogen-bond donors (Lipinski definition) is 2. The van der Waals surface area contributed by atoms with E-state index in [0.29, 0.717) is 5.56 Å². The van der Waals surface area contributed by atoms with Gasteiger partial charge in [0.05, 0.1) is 0 Å². The maximum Gasteiger partial charge on any atom is 0.407 e. The molecule has 5 nitrogen and oxygen atoms in total. The molecule has 2 amide bonds. The predicted octanol–water partition coefficient (Wildman–Crippen LogP) is 2.79. The van der Waals surface area contributed by atoms with Crippen LogP contribution in [0.3, 0.4) is 0 Å². The minimum atomic E-state index is -0.821. The molecule has 2 saturated heterocycles. The average molecular weight is 302 g/mol. The Hall–Kier alpha value is -2.04. The van der Waals surface area contributed by atoms with E-state index in [1.807, 2.05) is 31.2 Å². The van der Waals surface area contributed by atoms with Gasteiger partial charge in [-0.05, 0) is 50.7 Å². The third-order valence-electron chi connectivity index (χ3n) is 4.92. The van der Waals surface area contributed by atoms with Crippen LogP contribution >= 0.6 is 0 Å². The van der Waals surface area contributed by atoms with Gasteiger partial charge in [-0.1, -0.05) is 18.2 Å². The molecule has 1 aromatic rings. The van der Waals surface area contributed by atoms with E-state index in [-0.39, 0.29) is 24.0 Å². The Morgan fingerprint density at radius 3 is 2.41 bits per heavy atom. The SMILES string of the molecule is Cc1ccccc1C(=O)NC1CC2CCCC(C1)N2C(=O)O. The molecule has 1 aromatic carbocycles. The Bertz CT molecular complexity index is 573. The van der Waals surface area contributed by atoms with Crippen molar-refractivity contribution in [3.8, 4) is 0 Å². The highest BCUT2D eigenvalue weighted by Crippen LogP contribution is 2.34. The van der Waals surface area contributed by atoms with E-state index in [2.05, 4.69) is 5.32 Å². The van der Waals surface area contributed by atoms with Gasteiger partial charge in [0.2, 0.25) is 0 Å². The van der Waals surface area contributed by atoms with Crippen LogP contribution in [0.5, 0.6) is 0 Å². The first-order valence-electron chi connectivity index (χ1n) is 7.94. The molecule has 5 heteroatoms. The predicted molar refractivity (Wildman–Crippen MR) is 83.0 cm³/mol. The molecule has 3 rings (SSSR count). The summed E-state index contributed by atoms with van der Waals surface area (Å²) in [7, 11) is 0. The highest BCUT2D eigenvalue weighted by molar-refractivity contribution is 5.95. The van der Waals surface area contributed by atoms with Gasteiger partial charge in [-0.2, -0.15) is 0 Å². The largest absolute Gasteiger partial charge is 0.465 e. The molecule has 0 radical (unpaired) electrons. The number of carbonyl (C=O) groups is 2. The lowest BCUT2D eigenvalue weighted by atomic mass is 9.82. The van der Waals surface area contributed by atoms with E-state index in [0.717, 1.165) is 37.7 Å². The number of fused-ring (bicyclic) bond motifs is 2. The number of nitrogens with one attached hydrogen (secondary N) is 1. The number of piperidine rings is 2. The lowest BCUT2D eigenvalue weighted by Gasteiger charge is -2.47. The molecule has 2 aliphatic rings. The molecular formula is C17H22N2O3. The number of rotatable bonds is 2. The van der Waals surface area contributed by atoms with Crippen molar-refractivity contribution in [1.82, 2.24) is 10.2 Å². The van der Waals surface area contributed by atoms with Crippen molar-refractivity contribution in [2.24, 2.45) is 0 Å². The van der Waals surface area contributed by atoms with Gasteiger partial charge in [0.25, 0.3) is 5.91 Å². The molecule has 2 fully saturated rings. The van der Waals surface area contributed by atoms with Gasteiger partial charge in [-0.3, -0.25) is 4.79 Å². The molecule has 22 heavy (non-hydrogen) atoms. The number of carbonyl (C=O) groups excluding carboxylic acids is 1. The van der Waals surface area contributed by atoms with Crippen LogP contribution in [0.4, 0.5) is 4.79 Å². The van der Waals surface area contributed by atoms with Crippen LogP contribution in [0.2, 0.25) is 0 Å². The van der Waals surface area contributed by atoms with Crippen LogP contribution in [0.15, 0.2) is 24.3 Å².